The summed E-state index contributed by atoms with van der Waals surface area (Å²) in [5.41, 5.74) is 0.343. The summed E-state index contributed by atoms with van der Waals surface area (Å²) in [5, 5.41) is 0.775. The van der Waals surface area contributed by atoms with Gasteiger partial charge in [-0.2, -0.15) is 0 Å². The SMILES string of the molecule is O=Cc1cc(F)ccc1Sc1ccccn1. The molecule has 1 aromatic heterocycles. The lowest BCUT2D eigenvalue weighted by Crippen LogP contribution is -1.88. The van der Waals surface area contributed by atoms with Crippen LogP contribution in [0.4, 0.5) is 4.39 Å². The van der Waals surface area contributed by atoms with Crippen molar-refractivity contribution >= 4 is 18.0 Å². The topological polar surface area (TPSA) is 30.0 Å². The molecule has 16 heavy (non-hydrogen) atoms. The van der Waals surface area contributed by atoms with E-state index in [-0.39, 0.29) is 0 Å². The molecule has 0 N–H and O–H groups in total. The zero-order valence-corrected chi connectivity index (χ0v) is 9.08. The molecule has 0 bridgehead atoms. The van der Waals surface area contributed by atoms with E-state index in [9.17, 15) is 9.18 Å². The molecule has 2 nitrogen and oxygen atoms in total. The molecule has 0 aliphatic heterocycles. The molecule has 80 valence electrons. The number of hydrogen-bond acceptors (Lipinski definition) is 3. The molecular weight excluding hydrogens is 225 g/mol. The molecule has 2 aromatic rings. The molecule has 2 rings (SSSR count). The Hall–Kier alpha value is -1.68. The van der Waals surface area contributed by atoms with Gasteiger partial charge in [0.1, 0.15) is 10.8 Å². The first kappa shape index (κ1) is 10.8. The van der Waals surface area contributed by atoms with E-state index in [1.54, 1.807) is 12.3 Å². The lowest BCUT2D eigenvalue weighted by Gasteiger charge is -2.03. The van der Waals surface area contributed by atoms with Gasteiger partial charge in [-0.3, -0.25) is 4.79 Å². The minimum absolute atomic E-state index is 0.343. The molecule has 0 aliphatic carbocycles. The summed E-state index contributed by atoms with van der Waals surface area (Å²) in [4.78, 5) is 15.6. The van der Waals surface area contributed by atoms with E-state index in [2.05, 4.69) is 4.98 Å². The van der Waals surface area contributed by atoms with E-state index in [1.807, 2.05) is 18.2 Å². The van der Waals surface area contributed by atoms with Gasteiger partial charge in [0.15, 0.2) is 6.29 Å². The van der Waals surface area contributed by atoms with Gasteiger partial charge in [0.05, 0.1) is 0 Å². The van der Waals surface area contributed by atoms with Gasteiger partial charge in [0.25, 0.3) is 0 Å². The van der Waals surface area contributed by atoms with Crippen LogP contribution in [0, 0.1) is 5.82 Å². The standard InChI is InChI=1S/C12H8FNOS/c13-10-4-5-11(9(7-10)8-15)16-12-3-1-2-6-14-12/h1-8H. The minimum Gasteiger partial charge on any atom is -0.298 e. The quantitative estimate of drug-likeness (QED) is 0.763. The Bertz CT molecular complexity index is 502. The third-order valence-electron chi connectivity index (χ3n) is 1.95. The van der Waals surface area contributed by atoms with Gasteiger partial charge in [0.2, 0.25) is 0 Å². The third-order valence-corrected chi connectivity index (χ3v) is 2.99. The highest BCUT2D eigenvalue weighted by atomic mass is 32.2. The maximum absolute atomic E-state index is 12.9. The molecule has 0 saturated carbocycles. The monoisotopic (exact) mass is 233 g/mol. The highest BCUT2D eigenvalue weighted by Crippen LogP contribution is 2.28. The largest absolute Gasteiger partial charge is 0.298 e. The zero-order valence-electron chi connectivity index (χ0n) is 8.26. The van der Waals surface area contributed by atoms with Crippen LogP contribution in [0.2, 0.25) is 0 Å². The first-order chi connectivity index (χ1) is 7.79. The Balaban J connectivity index is 2.31. The van der Waals surface area contributed by atoms with Gasteiger partial charge < -0.3 is 0 Å². The van der Waals surface area contributed by atoms with Crippen LogP contribution in [0.25, 0.3) is 0 Å². The molecule has 0 radical (unpaired) electrons. The molecule has 0 spiro atoms. The molecule has 0 unspecified atom stereocenters. The van der Waals surface area contributed by atoms with E-state index in [1.165, 1.54) is 23.9 Å². The van der Waals surface area contributed by atoms with Crippen molar-refractivity contribution < 1.29 is 9.18 Å². The fraction of sp³-hybridized carbons (Fsp3) is 0. The molecule has 1 heterocycles. The lowest BCUT2D eigenvalue weighted by molar-refractivity contribution is 0.112. The number of benzene rings is 1. The molecule has 0 saturated heterocycles. The van der Waals surface area contributed by atoms with Crippen LogP contribution >= 0.6 is 11.8 Å². The maximum Gasteiger partial charge on any atom is 0.151 e. The van der Waals surface area contributed by atoms with E-state index < -0.39 is 5.82 Å². The number of halogens is 1. The van der Waals surface area contributed by atoms with Crippen molar-refractivity contribution in [2.75, 3.05) is 0 Å². The van der Waals surface area contributed by atoms with Crippen molar-refractivity contribution in [3.05, 3.63) is 54.0 Å². The highest BCUT2D eigenvalue weighted by Gasteiger charge is 2.05. The van der Waals surface area contributed by atoms with Crippen molar-refractivity contribution in [3.8, 4) is 0 Å². The second kappa shape index (κ2) is 4.90. The number of aldehydes is 1. The summed E-state index contributed by atoms with van der Waals surface area (Å²) in [7, 11) is 0. The van der Waals surface area contributed by atoms with E-state index in [4.69, 9.17) is 0 Å². The Kier molecular flexibility index (Phi) is 3.31. The van der Waals surface area contributed by atoms with E-state index >= 15 is 0 Å². The van der Waals surface area contributed by atoms with Crippen LogP contribution in [0.5, 0.6) is 0 Å². The Labute approximate surface area is 96.5 Å². The van der Waals surface area contributed by atoms with Crippen molar-refractivity contribution in [3.63, 3.8) is 0 Å². The van der Waals surface area contributed by atoms with Gasteiger partial charge in [-0.25, -0.2) is 9.37 Å². The van der Waals surface area contributed by atoms with Crippen molar-refractivity contribution in [2.24, 2.45) is 0 Å². The molecule has 0 fully saturated rings. The Morgan fingerprint density at radius 2 is 2.12 bits per heavy atom. The van der Waals surface area contributed by atoms with E-state index in [0.717, 1.165) is 5.03 Å². The highest BCUT2D eigenvalue weighted by molar-refractivity contribution is 7.99. The van der Waals surface area contributed by atoms with Crippen LogP contribution in [-0.4, -0.2) is 11.3 Å². The molecule has 0 atom stereocenters. The Morgan fingerprint density at radius 1 is 1.25 bits per heavy atom. The lowest BCUT2D eigenvalue weighted by atomic mass is 10.2. The number of carbonyl (C=O) groups is 1. The van der Waals surface area contributed by atoms with Crippen LogP contribution < -0.4 is 0 Å². The summed E-state index contributed by atoms with van der Waals surface area (Å²) in [6.45, 7) is 0. The van der Waals surface area contributed by atoms with Crippen LogP contribution in [0.3, 0.4) is 0 Å². The van der Waals surface area contributed by atoms with Gasteiger partial charge >= 0.3 is 0 Å². The summed E-state index contributed by atoms with van der Waals surface area (Å²) in [6.07, 6.45) is 2.32. The first-order valence-electron chi connectivity index (χ1n) is 4.63. The van der Waals surface area contributed by atoms with Gasteiger partial charge in [-0.1, -0.05) is 17.8 Å². The molecular formula is C12H8FNOS. The summed E-state index contributed by atoms with van der Waals surface area (Å²) >= 11 is 1.34. The van der Waals surface area contributed by atoms with Gasteiger partial charge in [-0.15, -0.1) is 0 Å². The predicted octanol–water partition coefficient (Wildman–Crippen LogP) is 3.18. The van der Waals surface area contributed by atoms with Crippen LogP contribution in [0.15, 0.2) is 52.5 Å². The molecule has 4 heteroatoms. The van der Waals surface area contributed by atoms with Gasteiger partial charge in [0, 0.05) is 16.7 Å². The smallest absolute Gasteiger partial charge is 0.151 e. The summed E-state index contributed by atoms with van der Waals surface area (Å²) < 4.78 is 12.9. The number of hydrogen-bond donors (Lipinski definition) is 0. The number of pyridine rings is 1. The summed E-state index contributed by atoms with van der Waals surface area (Å²) in [5.74, 6) is -0.410. The second-order valence-electron chi connectivity index (χ2n) is 3.07. The number of nitrogens with zero attached hydrogens (tertiary/aromatic N) is 1. The normalized spacial score (nSPS) is 10.1. The number of carbonyl (C=O) groups excluding carboxylic acids is 1. The van der Waals surface area contributed by atoms with Crippen molar-refractivity contribution in [2.45, 2.75) is 9.92 Å². The zero-order chi connectivity index (χ0) is 11.4. The predicted molar refractivity (Wildman–Crippen MR) is 60.1 cm³/mol. The molecule has 0 aliphatic rings. The first-order valence-corrected chi connectivity index (χ1v) is 5.45. The maximum atomic E-state index is 12.9. The molecule has 0 amide bonds. The minimum atomic E-state index is -0.410. The second-order valence-corrected chi connectivity index (χ2v) is 4.13. The average molecular weight is 233 g/mol. The average Bonchev–Trinajstić information content (AvgIpc) is 2.33. The summed E-state index contributed by atoms with van der Waals surface area (Å²) in [6, 6.07) is 9.65. The van der Waals surface area contributed by atoms with Crippen LogP contribution in [0.1, 0.15) is 10.4 Å². The third kappa shape index (κ3) is 2.46. The van der Waals surface area contributed by atoms with Crippen molar-refractivity contribution in [1.82, 2.24) is 4.98 Å². The number of rotatable bonds is 3. The van der Waals surface area contributed by atoms with Crippen LogP contribution in [-0.2, 0) is 0 Å². The van der Waals surface area contributed by atoms with Gasteiger partial charge in [-0.05, 0) is 30.3 Å². The fourth-order valence-electron chi connectivity index (χ4n) is 1.22. The number of aromatic nitrogens is 1. The van der Waals surface area contributed by atoms with Crippen molar-refractivity contribution in [1.29, 1.82) is 0 Å². The van der Waals surface area contributed by atoms with E-state index in [0.29, 0.717) is 16.7 Å². The molecule has 1 aromatic carbocycles. The fourth-order valence-corrected chi connectivity index (χ4v) is 2.07. The Morgan fingerprint density at radius 3 is 2.81 bits per heavy atom.